The van der Waals surface area contributed by atoms with Crippen LogP contribution in [0.15, 0.2) is 12.1 Å². The lowest BCUT2D eigenvalue weighted by Crippen LogP contribution is -2.17. The number of ketones is 2. The molecule has 86 valence electrons. The third-order valence-corrected chi connectivity index (χ3v) is 2.09. The first kappa shape index (κ1) is 12.2. The van der Waals surface area contributed by atoms with Gasteiger partial charge in [0.1, 0.15) is 11.5 Å². The third-order valence-electron chi connectivity index (χ3n) is 2.09. The molecule has 0 bridgehead atoms. The predicted molar refractivity (Wildman–Crippen MR) is 56.5 cm³/mol. The van der Waals surface area contributed by atoms with Crippen molar-refractivity contribution >= 4 is 11.6 Å². The molecule has 0 saturated carbocycles. The Labute approximate surface area is 91.5 Å². The van der Waals surface area contributed by atoms with Crippen LogP contribution in [0.4, 0.5) is 0 Å². The van der Waals surface area contributed by atoms with Crippen molar-refractivity contribution in [3.05, 3.63) is 23.3 Å². The summed E-state index contributed by atoms with van der Waals surface area (Å²) in [6.07, 6.45) is 0. The van der Waals surface area contributed by atoms with Gasteiger partial charge in [0.15, 0.2) is 11.6 Å². The summed E-state index contributed by atoms with van der Waals surface area (Å²) in [7, 11) is 0. The van der Waals surface area contributed by atoms with Gasteiger partial charge in [-0.15, -0.1) is 0 Å². The molecule has 6 N–H and O–H groups in total. The highest BCUT2D eigenvalue weighted by atomic mass is 16.3. The second-order valence-electron chi connectivity index (χ2n) is 3.14. The Morgan fingerprint density at radius 1 is 0.938 bits per heavy atom. The third kappa shape index (κ3) is 2.18. The molecule has 16 heavy (non-hydrogen) atoms. The van der Waals surface area contributed by atoms with Crippen molar-refractivity contribution < 1.29 is 19.8 Å². The van der Waals surface area contributed by atoms with Gasteiger partial charge in [-0.05, 0) is 6.07 Å². The van der Waals surface area contributed by atoms with Crippen molar-refractivity contribution in [3.8, 4) is 11.5 Å². The molecule has 1 rings (SSSR count). The summed E-state index contributed by atoms with van der Waals surface area (Å²) in [5, 5.41) is 18.8. The van der Waals surface area contributed by atoms with Crippen LogP contribution < -0.4 is 11.5 Å². The van der Waals surface area contributed by atoms with E-state index in [9.17, 15) is 19.8 Å². The summed E-state index contributed by atoms with van der Waals surface area (Å²) in [6.45, 7) is -0.594. The number of phenols is 2. The molecule has 0 unspecified atom stereocenters. The average Bonchev–Trinajstić information content (AvgIpc) is 2.27. The van der Waals surface area contributed by atoms with Crippen LogP contribution >= 0.6 is 0 Å². The van der Waals surface area contributed by atoms with Crippen LogP contribution in [0.2, 0.25) is 0 Å². The smallest absolute Gasteiger partial charge is 0.180 e. The molecule has 0 heterocycles. The van der Waals surface area contributed by atoms with E-state index in [0.29, 0.717) is 0 Å². The van der Waals surface area contributed by atoms with Gasteiger partial charge < -0.3 is 21.7 Å². The Kier molecular flexibility index (Phi) is 3.60. The lowest BCUT2D eigenvalue weighted by molar-refractivity contribution is 0.0998. The number of aromatic hydroxyl groups is 2. The number of carbonyl (C=O) groups is 2. The number of hydrogen-bond donors (Lipinski definition) is 4. The zero-order valence-corrected chi connectivity index (χ0v) is 8.43. The standard InChI is InChI=1S/C10H12N2O4/c11-3-9(15)5-1-6(10(16)4-12)8(14)2-7(5)13/h1-2,13-14H,3-4,11-12H2. The summed E-state index contributed by atoms with van der Waals surface area (Å²) in [5.41, 5.74) is 10.1. The molecule has 1 aromatic rings. The average molecular weight is 224 g/mol. The molecule has 0 atom stereocenters. The molecule has 0 aliphatic rings. The van der Waals surface area contributed by atoms with Crippen LogP contribution in [-0.4, -0.2) is 34.9 Å². The minimum absolute atomic E-state index is 0.0999. The maximum absolute atomic E-state index is 11.3. The van der Waals surface area contributed by atoms with E-state index in [0.717, 1.165) is 12.1 Å². The van der Waals surface area contributed by atoms with Crippen LogP contribution in [0.3, 0.4) is 0 Å². The molecule has 0 aliphatic heterocycles. The Balaban J connectivity index is 3.32. The Bertz CT molecular complexity index is 405. The van der Waals surface area contributed by atoms with Crippen molar-refractivity contribution in [1.82, 2.24) is 0 Å². The Morgan fingerprint density at radius 3 is 1.62 bits per heavy atom. The molecule has 6 nitrogen and oxygen atoms in total. The normalized spacial score (nSPS) is 10.1. The van der Waals surface area contributed by atoms with E-state index in [1.165, 1.54) is 0 Å². The first-order valence-corrected chi connectivity index (χ1v) is 4.53. The van der Waals surface area contributed by atoms with Crippen LogP contribution in [0.25, 0.3) is 0 Å². The Morgan fingerprint density at radius 2 is 1.31 bits per heavy atom. The summed E-state index contributed by atoms with van der Waals surface area (Å²) in [6, 6.07) is 2.01. The second kappa shape index (κ2) is 4.73. The number of nitrogens with two attached hydrogens (primary N) is 2. The predicted octanol–water partition coefficient (Wildman–Crippen LogP) is -0.619. The fourth-order valence-corrected chi connectivity index (χ4v) is 1.24. The molecule has 1 aromatic carbocycles. The summed E-state index contributed by atoms with van der Waals surface area (Å²) in [4.78, 5) is 22.6. The first-order valence-electron chi connectivity index (χ1n) is 4.53. The summed E-state index contributed by atoms with van der Waals surface area (Å²) in [5.74, 6) is -1.88. The van der Waals surface area contributed by atoms with Crippen molar-refractivity contribution in [2.75, 3.05) is 13.1 Å². The zero-order chi connectivity index (χ0) is 12.3. The highest BCUT2D eigenvalue weighted by Crippen LogP contribution is 2.27. The molecule has 0 saturated heterocycles. The van der Waals surface area contributed by atoms with Crippen LogP contribution in [0.1, 0.15) is 20.7 Å². The van der Waals surface area contributed by atoms with E-state index in [1.54, 1.807) is 0 Å². The number of phenolic OH excluding ortho intramolecular Hbond substituents is 2. The minimum atomic E-state index is -0.524. The molecule has 0 spiro atoms. The topological polar surface area (TPSA) is 127 Å². The second-order valence-corrected chi connectivity index (χ2v) is 3.14. The molecular formula is C10H12N2O4. The van der Waals surface area contributed by atoms with Gasteiger partial charge in [-0.1, -0.05) is 0 Å². The molecule has 0 aliphatic carbocycles. The minimum Gasteiger partial charge on any atom is -0.507 e. The van der Waals surface area contributed by atoms with Crippen molar-refractivity contribution in [1.29, 1.82) is 0 Å². The molecular weight excluding hydrogens is 212 g/mol. The van der Waals surface area contributed by atoms with E-state index in [4.69, 9.17) is 11.5 Å². The van der Waals surface area contributed by atoms with Gasteiger partial charge in [0.25, 0.3) is 0 Å². The van der Waals surface area contributed by atoms with Gasteiger partial charge in [-0.2, -0.15) is 0 Å². The lowest BCUT2D eigenvalue weighted by atomic mass is 10.0. The summed E-state index contributed by atoms with van der Waals surface area (Å²) >= 11 is 0. The van der Waals surface area contributed by atoms with Gasteiger partial charge in [-0.3, -0.25) is 9.59 Å². The molecule has 0 aromatic heterocycles. The van der Waals surface area contributed by atoms with Gasteiger partial charge in [0.05, 0.1) is 24.2 Å². The van der Waals surface area contributed by atoms with Gasteiger partial charge in [0.2, 0.25) is 0 Å². The highest BCUT2D eigenvalue weighted by Gasteiger charge is 2.17. The number of carbonyl (C=O) groups excluding carboxylic acids is 2. The van der Waals surface area contributed by atoms with Crippen LogP contribution in [0.5, 0.6) is 11.5 Å². The number of Topliss-reactive ketones (excluding diaryl/α,β-unsaturated/α-hetero) is 2. The number of rotatable bonds is 4. The lowest BCUT2D eigenvalue weighted by Gasteiger charge is -2.07. The fraction of sp³-hybridized carbons (Fsp3) is 0.200. The molecule has 6 heteroatoms. The van der Waals surface area contributed by atoms with Crippen LogP contribution in [0, 0.1) is 0 Å². The fourth-order valence-electron chi connectivity index (χ4n) is 1.24. The maximum atomic E-state index is 11.3. The van der Waals surface area contributed by atoms with E-state index >= 15 is 0 Å². The van der Waals surface area contributed by atoms with E-state index < -0.39 is 23.1 Å². The van der Waals surface area contributed by atoms with Crippen molar-refractivity contribution in [2.45, 2.75) is 0 Å². The van der Waals surface area contributed by atoms with Gasteiger partial charge in [0, 0.05) is 6.07 Å². The molecule has 0 amide bonds. The van der Waals surface area contributed by atoms with Gasteiger partial charge >= 0.3 is 0 Å². The molecule has 0 radical (unpaired) electrons. The Hall–Kier alpha value is -1.92. The molecule has 0 fully saturated rings. The zero-order valence-electron chi connectivity index (χ0n) is 8.43. The van der Waals surface area contributed by atoms with Crippen LogP contribution in [-0.2, 0) is 0 Å². The van der Waals surface area contributed by atoms with Crippen molar-refractivity contribution in [2.24, 2.45) is 11.5 Å². The van der Waals surface area contributed by atoms with E-state index in [1.807, 2.05) is 0 Å². The SMILES string of the molecule is NCC(=O)c1cc(C(=O)CN)c(O)cc1O. The van der Waals surface area contributed by atoms with E-state index in [-0.39, 0.29) is 24.2 Å². The highest BCUT2D eigenvalue weighted by molar-refractivity contribution is 6.05. The van der Waals surface area contributed by atoms with Crippen molar-refractivity contribution in [3.63, 3.8) is 0 Å². The van der Waals surface area contributed by atoms with Gasteiger partial charge in [-0.25, -0.2) is 0 Å². The summed E-state index contributed by atoms with van der Waals surface area (Å²) < 4.78 is 0. The first-order chi connectivity index (χ1) is 7.51. The number of hydrogen-bond acceptors (Lipinski definition) is 6. The maximum Gasteiger partial charge on any atom is 0.180 e. The largest absolute Gasteiger partial charge is 0.507 e. The van der Waals surface area contributed by atoms with E-state index in [2.05, 4.69) is 0 Å². The number of benzene rings is 1. The monoisotopic (exact) mass is 224 g/mol. The quantitative estimate of drug-likeness (QED) is 0.505.